The van der Waals surface area contributed by atoms with Crippen LogP contribution in [0.5, 0.6) is 0 Å². The van der Waals surface area contributed by atoms with Crippen molar-refractivity contribution >= 4 is 22.8 Å². The first-order chi connectivity index (χ1) is 10.6. The van der Waals surface area contributed by atoms with Crippen molar-refractivity contribution in [3.8, 4) is 0 Å². The molecule has 1 aromatic heterocycles. The molecule has 0 radical (unpaired) electrons. The van der Waals surface area contributed by atoms with Gasteiger partial charge >= 0.3 is 11.9 Å². The van der Waals surface area contributed by atoms with Crippen LogP contribution in [0.4, 0.5) is 0 Å². The largest absolute Gasteiger partial charge is 0.469 e. The van der Waals surface area contributed by atoms with Gasteiger partial charge in [-0.3, -0.25) is 10.1 Å². The Hall–Kier alpha value is -2.34. The van der Waals surface area contributed by atoms with Crippen LogP contribution in [0.1, 0.15) is 17.7 Å². The molecule has 1 aromatic carbocycles. The Balaban J connectivity index is 2.21. The van der Waals surface area contributed by atoms with Crippen molar-refractivity contribution < 1.29 is 19.1 Å². The molecule has 6 nitrogen and oxygen atoms in total. The quantitative estimate of drug-likeness (QED) is 0.834. The van der Waals surface area contributed by atoms with Crippen LogP contribution in [0.2, 0.25) is 0 Å². The van der Waals surface area contributed by atoms with Crippen LogP contribution in [0.25, 0.3) is 10.9 Å². The van der Waals surface area contributed by atoms with Crippen molar-refractivity contribution in [3.05, 3.63) is 35.5 Å². The van der Waals surface area contributed by atoms with Crippen LogP contribution in [0.15, 0.2) is 24.3 Å². The van der Waals surface area contributed by atoms with Gasteiger partial charge in [-0.25, -0.2) is 4.79 Å². The van der Waals surface area contributed by atoms with Gasteiger partial charge in [-0.05, 0) is 18.1 Å². The van der Waals surface area contributed by atoms with E-state index in [1.54, 1.807) is 0 Å². The van der Waals surface area contributed by atoms with E-state index in [0.717, 1.165) is 22.9 Å². The monoisotopic (exact) mass is 302 g/mol. The van der Waals surface area contributed by atoms with Crippen molar-refractivity contribution in [1.29, 1.82) is 0 Å². The van der Waals surface area contributed by atoms with Crippen molar-refractivity contribution in [2.24, 2.45) is 0 Å². The average Bonchev–Trinajstić information content (AvgIpc) is 2.94. The highest BCUT2D eigenvalue weighted by atomic mass is 16.5. The lowest BCUT2D eigenvalue weighted by molar-refractivity contribution is -0.156. The van der Waals surface area contributed by atoms with Crippen molar-refractivity contribution in [3.63, 3.8) is 0 Å². The van der Waals surface area contributed by atoms with Crippen molar-refractivity contribution in [1.82, 2.24) is 10.3 Å². The summed E-state index contributed by atoms with van der Waals surface area (Å²) in [5.41, 5.74) is 1.45. The second-order valence-electron chi connectivity index (χ2n) is 5.35. The van der Waals surface area contributed by atoms with Crippen LogP contribution in [0.3, 0.4) is 0 Å². The molecule has 0 spiro atoms. The molecule has 0 amide bonds. The minimum absolute atomic E-state index is 0.115. The number of rotatable bonds is 3. The molecular formula is C16H18N2O4. The molecule has 3 rings (SSSR count). The van der Waals surface area contributed by atoms with Gasteiger partial charge in [0.25, 0.3) is 0 Å². The van der Waals surface area contributed by atoms with Gasteiger partial charge in [-0.2, -0.15) is 0 Å². The molecule has 2 aromatic rings. The molecule has 6 heteroatoms. The maximum absolute atomic E-state index is 12.5. The van der Waals surface area contributed by atoms with E-state index < -0.39 is 17.5 Å². The van der Waals surface area contributed by atoms with Crippen molar-refractivity contribution in [2.45, 2.75) is 18.4 Å². The zero-order valence-electron chi connectivity index (χ0n) is 12.6. The highest BCUT2D eigenvalue weighted by Gasteiger charge is 2.48. The molecule has 0 saturated heterocycles. The minimum Gasteiger partial charge on any atom is -0.469 e. The fourth-order valence-electron chi connectivity index (χ4n) is 3.17. The van der Waals surface area contributed by atoms with Gasteiger partial charge in [0, 0.05) is 17.4 Å². The highest BCUT2D eigenvalue weighted by Crippen LogP contribution is 2.36. The SMILES string of the molecule is COC(=O)CC1(C(=O)OC)NCCc2c1[nH]c1ccccc21. The van der Waals surface area contributed by atoms with E-state index in [1.165, 1.54) is 14.2 Å². The number of aromatic nitrogens is 1. The van der Waals surface area contributed by atoms with Crippen molar-refractivity contribution in [2.75, 3.05) is 20.8 Å². The Bertz CT molecular complexity index is 737. The first-order valence-corrected chi connectivity index (χ1v) is 7.12. The molecule has 1 aliphatic rings. The van der Waals surface area contributed by atoms with Crippen LogP contribution < -0.4 is 5.32 Å². The molecule has 1 aliphatic heterocycles. The maximum atomic E-state index is 12.5. The summed E-state index contributed by atoms with van der Waals surface area (Å²) < 4.78 is 9.72. The first-order valence-electron chi connectivity index (χ1n) is 7.12. The Morgan fingerprint density at radius 1 is 1.23 bits per heavy atom. The number of para-hydroxylation sites is 1. The molecular weight excluding hydrogens is 284 g/mol. The van der Waals surface area contributed by atoms with E-state index in [2.05, 4.69) is 10.3 Å². The summed E-state index contributed by atoms with van der Waals surface area (Å²) in [4.78, 5) is 27.6. The summed E-state index contributed by atoms with van der Waals surface area (Å²) in [7, 11) is 2.63. The Labute approximate surface area is 127 Å². The maximum Gasteiger partial charge on any atom is 0.332 e. The van der Waals surface area contributed by atoms with E-state index in [4.69, 9.17) is 9.47 Å². The lowest BCUT2D eigenvalue weighted by atomic mass is 9.84. The molecule has 0 aliphatic carbocycles. The van der Waals surface area contributed by atoms with Gasteiger partial charge in [-0.15, -0.1) is 0 Å². The second kappa shape index (κ2) is 5.46. The molecule has 2 heterocycles. The molecule has 0 bridgehead atoms. The lowest BCUT2D eigenvalue weighted by Crippen LogP contribution is -2.55. The second-order valence-corrected chi connectivity index (χ2v) is 5.35. The summed E-state index contributed by atoms with van der Waals surface area (Å²) in [6.45, 7) is 0.584. The summed E-state index contributed by atoms with van der Waals surface area (Å²) in [5, 5.41) is 4.23. The zero-order chi connectivity index (χ0) is 15.7. The summed E-state index contributed by atoms with van der Waals surface area (Å²) in [6, 6.07) is 7.85. The fourth-order valence-corrected chi connectivity index (χ4v) is 3.17. The number of carbonyl (C=O) groups excluding carboxylic acids is 2. The van der Waals surface area contributed by atoms with E-state index >= 15 is 0 Å². The molecule has 1 unspecified atom stereocenters. The van der Waals surface area contributed by atoms with E-state index in [-0.39, 0.29) is 6.42 Å². The van der Waals surface area contributed by atoms with Gasteiger partial charge in [0.2, 0.25) is 0 Å². The number of benzene rings is 1. The van der Waals surface area contributed by atoms with E-state index in [1.807, 2.05) is 24.3 Å². The van der Waals surface area contributed by atoms with Gasteiger partial charge in [-0.1, -0.05) is 18.2 Å². The normalized spacial score (nSPS) is 20.5. The van der Waals surface area contributed by atoms with E-state index in [9.17, 15) is 9.59 Å². The number of ether oxygens (including phenoxy) is 2. The van der Waals surface area contributed by atoms with Gasteiger partial charge in [0.05, 0.1) is 26.3 Å². The standard InChI is InChI=1S/C16H18N2O4/c1-21-13(19)9-16(15(20)22-2)14-11(7-8-17-16)10-5-3-4-6-12(10)18-14/h3-6,17-18H,7-9H2,1-2H3. The lowest BCUT2D eigenvalue weighted by Gasteiger charge is -2.34. The minimum atomic E-state index is -1.23. The Morgan fingerprint density at radius 2 is 2.00 bits per heavy atom. The number of hydrogen-bond acceptors (Lipinski definition) is 5. The van der Waals surface area contributed by atoms with Crippen LogP contribution in [0, 0.1) is 0 Å². The van der Waals surface area contributed by atoms with Gasteiger partial charge in [0.1, 0.15) is 0 Å². The number of esters is 2. The Morgan fingerprint density at radius 3 is 2.73 bits per heavy atom. The third kappa shape index (κ3) is 2.07. The van der Waals surface area contributed by atoms with Crippen LogP contribution in [-0.4, -0.2) is 37.7 Å². The molecule has 0 fully saturated rings. The van der Waals surface area contributed by atoms with Gasteiger partial charge < -0.3 is 14.5 Å². The third-order valence-corrected chi connectivity index (χ3v) is 4.21. The number of nitrogens with one attached hydrogen (secondary N) is 2. The number of methoxy groups -OCH3 is 2. The molecule has 2 N–H and O–H groups in total. The third-order valence-electron chi connectivity index (χ3n) is 4.21. The fraction of sp³-hybridized carbons (Fsp3) is 0.375. The number of fused-ring (bicyclic) bond motifs is 3. The van der Waals surface area contributed by atoms with Gasteiger partial charge in [0.15, 0.2) is 5.54 Å². The number of H-pyrrole nitrogens is 1. The summed E-state index contributed by atoms with van der Waals surface area (Å²) >= 11 is 0. The van der Waals surface area contributed by atoms with E-state index in [0.29, 0.717) is 12.2 Å². The first kappa shape index (κ1) is 14.6. The highest BCUT2D eigenvalue weighted by molar-refractivity contribution is 5.93. The predicted molar refractivity (Wildman–Crippen MR) is 80.3 cm³/mol. The Kier molecular flexibility index (Phi) is 3.62. The molecule has 22 heavy (non-hydrogen) atoms. The van der Waals surface area contributed by atoms with Crippen LogP contribution in [-0.2, 0) is 31.0 Å². The zero-order valence-corrected chi connectivity index (χ0v) is 12.6. The summed E-state index contributed by atoms with van der Waals surface area (Å²) in [5.74, 6) is -0.963. The topological polar surface area (TPSA) is 80.4 Å². The molecule has 1 atom stereocenters. The number of hydrogen-bond donors (Lipinski definition) is 2. The molecule has 0 saturated carbocycles. The number of aromatic amines is 1. The summed E-state index contributed by atoms with van der Waals surface area (Å²) in [6.07, 6.45) is 0.662. The smallest absolute Gasteiger partial charge is 0.332 e. The number of carbonyl (C=O) groups is 2. The van der Waals surface area contributed by atoms with Crippen LogP contribution >= 0.6 is 0 Å². The molecule has 116 valence electrons. The predicted octanol–water partition coefficient (Wildman–Crippen LogP) is 1.24. The average molecular weight is 302 g/mol.